The normalized spacial score (nSPS) is 23.0. The molecule has 4 nitrogen and oxygen atoms in total. The Hall–Kier alpha value is -1.81. The van der Waals surface area contributed by atoms with Crippen molar-refractivity contribution in [2.75, 3.05) is 5.32 Å². The summed E-state index contributed by atoms with van der Waals surface area (Å²) >= 11 is 6.03. The molecule has 0 amide bonds. The molecule has 2 heterocycles. The summed E-state index contributed by atoms with van der Waals surface area (Å²) in [7, 11) is 0. The molecule has 2 aliphatic rings. The standard InChI is InChI=1S/C18H21ClN4/c1-12-11-16-21-17(13-7-9-14(19)10-8-13)18(23(16)22-12)20-15-5-3-2-4-6-15/h7-11,15,17,21H,2-6H2,1H3. The van der Waals surface area contributed by atoms with Gasteiger partial charge in [-0.3, -0.25) is 4.99 Å². The van der Waals surface area contributed by atoms with Crippen molar-refractivity contribution in [2.24, 2.45) is 4.99 Å². The molecule has 1 fully saturated rings. The van der Waals surface area contributed by atoms with E-state index in [-0.39, 0.29) is 6.04 Å². The maximum Gasteiger partial charge on any atom is 0.154 e. The van der Waals surface area contributed by atoms with Crippen molar-refractivity contribution < 1.29 is 0 Å². The fraction of sp³-hybridized carbons (Fsp3) is 0.444. The number of benzene rings is 1. The number of aliphatic imine (C=N–C) groups is 1. The molecule has 0 spiro atoms. The number of nitrogens with one attached hydrogen (secondary N) is 1. The molecule has 1 aliphatic carbocycles. The van der Waals surface area contributed by atoms with E-state index in [9.17, 15) is 0 Å². The first-order valence-corrected chi connectivity index (χ1v) is 8.75. The number of nitrogens with zero attached hydrogens (tertiary/aromatic N) is 3. The molecule has 23 heavy (non-hydrogen) atoms. The monoisotopic (exact) mass is 328 g/mol. The molecular formula is C18H21ClN4. The van der Waals surface area contributed by atoms with Crippen LogP contribution in [0.4, 0.5) is 5.82 Å². The van der Waals surface area contributed by atoms with Crippen molar-refractivity contribution in [3.05, 3.63) is 46.6 Å². The minimum atomic E-state index is 0.0530. The molecule has 1 aliphatic heterocycles. The van der Waals surface area contributed by atoms with Crippen LogP contribution in [-0.4, -0.2) is 21.7 Å². The van der Waals surface area contributed by atoms with Crippen LogP contribution in [0.15, 0.2) is 35.3 Å². The smallest absolute Gasteiger partial charge is 0.154 e. The lowest BCUT2D eigenvalue weighted by atomic mass is 9.96. The Kier molecular flexibility index (Phi) is 3.85. The maximum atomic E-state index is 6.03. The van der Waals surface area contributed by atoms with Crippen molar-refractivity contribution in [3.63, 3.8) is 0 Å². The van der Waals surface area contributed by atoms with Crippen molar-refractivity contribution in [3.8, 4) is 0 Å². The molecular weight excluding hydrogens is 308 g/mol. The first-order valence-electron chi connectivity index (χ1n) is 8.37. The van der Waals surface area contributed by atoms with Crippen molar-refractivity contribution in [2.45, 2.75) is 51.1 Å². The van der Waals surface area contributed by atoms with Gasteiger partial charge in [0.1, 0.15) is 11.9 Å². The van der Waals surface area contributed by atoms with Crippen molar-refractivity contribution in [1.29, 1.82) is 0 Å². The summed E-state index contributed by atoms with van der Waals surface area (Å²) < 4.78 is 1.98. The van der Waals surface area contributed by atoms with E-state index in [0.717, 1.165) is 22.4 Å². The van der Waals surface area contributed by atoms with Crippen LogP contribution in [0.3, 0.4) is 0 Å². The van der Waals surface area contributed by atoms with Crippen LogP contribution in [0.1, 0.15) is 49.4 Å². The fourth-order valence-electron chi connectivity index (χ4n) is 3.53. The number of aromatic nitrogens is 2. The van der Waals surface area contributed by atoms with E-state index in [2.05, 4.69) is 28.6 Å². The number of hydrogen-bond acceptors (Lipinski definition) is 3. The van der Waals surface area contributed by atoms with Crippen LogP contribution in [0.25, 0.3) is 0 Å². The Balaban J connectivity index is 1.71. The zero-order chi connectivity index (χ0) is 15.8. The summed E-state index contributed by atoms with van der Waals surface area (Å²) in [6.45, 7) is 2.02. The Morgan fingerprint density at radius 3 is 2.65 bits per heavy atom. The summed E-state index contributed by atoms with van der Waals surface area (Å²) in [4.78, 5) is 5.09. The molecule has 1 N–H and O–H groups in total. The maximum absolute atomic E-state index is 6.03. The van der Waals surface area contributed by atoms with Crippen LogP contribution >= 0.6 is 11.6 Å². The lowest BCUT2D eigenvalue weighted by Gasteiger charge is -2.20. The van der Waals surface area contributed by atoms with Crippen LogP contribution in [0, 0.1) is 6.92 Å². The van der Waals surface area contributed by atoms with Gasteiger partial charge in [0, 0.05) is 11.1 Å². The molecule has 5 heteroatoms. The van der Waals surface area contributed by atoms with E-state index >= 15 is 0 Å². The summed E-state index contributed by atoms with van der Waals surface area (Å²) in [5.41, 5.74) is 2.19. The highest BCUT2D eigenvalue weighted by Gasteiger charge is 2.31. The molecule has 1 unspecified atom stereocenters. The topological polar surface area (TPSA) is 42.2 Å². The Morgan fingerprint density at radius 1 is 1.17 bits per heavy atom. The molecule has 120 valence electrons. The average molecular weight is 329 g/mol. The third kappa shape index (κ3) is 2.88. The van der Waals surface area contributed by atoms with E-state index in [1.807, 2.05) is 23.7 Å². The van der Waals surface area contributed by atoms with Crippen molar-refractivity contribution in [1.82, 2.24) is 9.78 Å². The van der Waals surface area contributed by atoms with Gasteiger partial charge in [0.2, 0.25) is 0 Å². The summed E-state index contributed by atoms with van der Waals surface area (Å²) in [5, 5.41) is 8.94. The molecule has 0 saturated heterocycles. The molecule has 1 saturated carbocycles. The molecule has 4 rings (SSSR count). The van der Waals surface area contributed by atoms with E-state index < -0.39 is 0 Å². The van der Waals surface area contributed by atoms with E-state index in [1.165, 1.54) is 37.7 Å². The summed E-state index contributed by atoms with van der Waals surface area (Å²) in [6.07, 6.45) is 6.28. The summed E-state index contributed by atoms with van der Waals surface area (Å²) in [5.74, 6) is 2.04. The van der Waals surface area contributed by atoms with E-state index in [4.69, 9.17) is 16.6 Å². The second kappa shape index (κ2) is 6.00. The molecule has 2 aromatic rings. The quantitative estimate of drug-likeness (QED) is 0.876. The van der Waals surface area contributed by atoms with Gasteiger partial charge < -0.3 is 5.32 Å². The third-order valence-corrected chi connectivity index (χ3v) is 4.94. The Bertz CT molecular complexity index is 726. The number of fused-ring (bicyclic) bond motifs is 1. The van der Waals surface area contributed by atoms with Gasteiger partial charge in [-0.05, 0) is 37.5 Å². The van der Waals surface area contributed by atoms with Gasteiger partial charge in [0.15, 0.2) is 5.84 Å². The van der Waals surface area contributed by atoms with Crippen LogP contribution in [0.5, 0.6) is 0 Å². The fourth-order valence-corrected chi connectivity index (χ4v) is 3.65. The molecule has 1 atom stereocenters. The van der Waals surface area contributed by atoms with E-state index in [1.54, 1.807) is 0 Å². The van der Waals surface area contributed by atoms with Gasteiger partial charge in [0.05, 0.1) is 11.7 Å². The molecule has 1 aromatic carbocycles. The van der Waals surface area contributed by atoms with Crippen LogP contribution in [-0.2, 0) is 0 Å². The molecule has 0 bridgehead atoms. The zero-order valence-electron chi connectivity index (χ0n) is 13.3. The minimum Gasteiger partial charge on any atom is -0.356 e. The van der Waals surface area contributed by atoms with Gasteiger partial charge in [-0.2, -0.15) is 5.10 Å². The highest BCUT2D eigenvalue weighted by atomic mass is 35.5. The van der Waals surface area contributed by atoms with Crippen LogP contribution < -0.4 is 5.32 Å². The first-order chi connectivity index (χ1) is 11.2. The van der Waals surface area contributed by atoms with Gasteiger partial charge in [-0.15, -0.1) is 0 Å². The second-order valence-corrected chi connectivity index (χ2v) is 6.93. The highest BCUT2D eigenvalue weighted by Crippen LogP contribution is 2.32. The SMILES string of the molecule is Cc1cc2n(n1)C(=NC1CCCCC1)C(c1ccc(Cl)cc1)N2. The zero-order valence-corrected chi connectivity index (χ0v) is 14.1. The third-order valence-electron chi connectivity index (χ3n) is 4.69. The number of hydrogen-bond donors (Lipinski definition) is 1. The summed E-state index contributed by atoms with van der Waals surface area (Å²) in [6, 6.07) is 10.5. The number of anilines is 1. The average Bonchev–Trinajstić information content (AvgIpc) is 3.07. The van der Waals surface area contributed by atoms with Gasteiger partial charge in [-0.1, -0.05) is 43.0 Å². The lowest BCUT2D eigenvalue weighted by Crippen LogP contribution is -2.22. The van der Waals surface area contributed by atoms with Gasteiger partial charge in [0.25, 0.3) is 0 Å². The van der Waals surface area contributed by atoms with Crippen molar-refractivity contribution >= 4 is 23.3 Å². The first kappa shape index (κ1) is 14.8. The Labute approximate surface area is 141 Å². The number of halogens is 1. The predicted octanol–water partition coefficient (Wildman–Crippen LogP) is 4.59. The van der Waals surface area contributed by atoms with Gasteiger partial charge in [-0.25, -0.2) is 4.68 Å². The van der Waals surface area contributed by atoms with Crippen LogP contribution in [0.2, 0.25) is 5.02 Å². The number of rotatable bonds is 2. The number of aryl methyl sites for hydroxylation is 1. The van der Waals surface area contributed by atoms with Gasteiger partial charge >= 0.3 is 0 Å². The minimum absolute atomic E-state index is 0.0530. The second-order valence-electron chi connectivity index (χ2n) is 6.49. The molecule has 0 radical (unpaired) electrons. The Morgan fingerprint density at radius 2 is 1.91 bits per heavy atom. The molecule has 1 aromatic heterocycles. The van der Waals surface area contributed by atoms with E-state index in [0.29, 0.717) is 6.04 Å². The lowest BCUT2D eigenvalue weighted by molar-refractivity contribution is 0.441. The largest absolute Gasteiger partial charge is 0.356 e. The highest BCUT2D eigenvalue weighted by molar-refractivity contribution is 6.30. The predicted molar refractivity (Wildman–Crippen MR) is 94.5 cm³/mol.